The predicted molar refractivity (Wildman–Crippen MR) is 84.4 cm³/mol. The Morgan fingerprint density at radius 2 is 1.96 bits per heavy atom. The molecule has 1 aromatic carbocycles. The zero-order valence-corrected chi connectivity index (χ0v) is 13.2. The lowest BCUT2D eigenvalue weighted by Crippen LogP contribution is -2.09. The van der Waals surface area contributed by atoms with Gasteiger partial charge in [0.15, 0.2) is 0 Å². The van der Waals surface area contributed by atoms with Crippen molar-refractivity contribution < 1.29 is 18.3 Å². The molecule has 1 aliphatic carbocycles. The summed E-state index contributed by atoms with van der Waals surface area (Å²) in [5.41, 5.74) is 0.179. The van der Waals surface area contributed by atoms with E-state index in [2.05, 4.69) is 15.3 Å². The minimum absolute atomic E-state index is 0.00969. The van der Waals surface area contributed by atoms with Crippen LogP contribution in [0.4, 0.5) is 13.2 Å². The van der Waals surface area contributed by atoms with E-state index in [1.165, 1.54) is 24.4 Å². The van der Waals surface area contributed by atoms with Gasteiger partial charge in [-0.15, -0.1) is 5.10 Å². The first-order chi connectivity index (χ1) is 12.0. The summed E-state index contributed by atoms with van der Waals surface area (Å²) in [4.78, 5) is 3.97. The Kier molecular flexibility index (Phi) is 3.72. The predicted octanol–water partition coefficient (Wildman–Crippen LogP) is 3.41. The van der Waals surface area contributed by atoms with Crippen LogP contribution in [0.2, 0.25) is 0 Å². The fraction of sp³-hybridized carbons (Fsp3) is 0.353. The molecule has 0 radical (unpaired) electrons. The normalized spacial score (nSPS) is 15.0. The van der Waals surface area contributed by atoms with Crippen molar-refractivity contribution in [1.82, 2.24) is 20.0 Å². The van der Waals surface area contributed by atoms with Crippen molar-refractivity contribution >= 4 is 11.0 Å². The van der Waals surface area contributed by atoms with Gasteiger partial charge >= 0.3 is 6.18 Å². The van der Waals surface area contributed by atoms with E-state index in [9.17, 15) is 13.2 Å². The third-order valence-corrected chi connectivity index (χ3v) is 4.40. The second-order valence-electron chi connectivity index (χ2n) is 6.26. The van der Waals surface area contributed by atoms with Gasteiger partial charge in [0.1, 0.15) is 5.52 Å². The standard InChI is InChI=1S/C17H15F3N4O/c18-17(19,20)15-13(11-3-4-12(9-25)21-7-11)5-6-14-16(15)22-23-24(14)8-10-1-2-10/h3-7,10,25H,1-2,8-9H2. The van der Waals surface area contributed by atoms with Gasteiger partial charge in [-0.3, -0.25) is 4.98 Å². The van der Waals surface area contributed by atoms with Crippen molar-refractivity contribution in [3.63, 3.8) is 0 Å². The molecule has 0 spiro atoms. The Bertz CT molecular complexity index is 914. The number of halogens is 3. The zero-order chi connectivity index (χ0) is 17.6. The van der Waals surface area contributed by atoms with Crippen LogP contribution in [0.1, 0.15) is 24.1 Å². The zero-order valence-electron chi connectivity index (χ0n) is 13.2. The molecule has 4 rings (SSSR count). The molecule has 3 aromatic rings. The van der Waals surface area contributed by atoms with Crippen LogP contribution in [-0.2, 0) is 19.3 Å². The summed E-state index contributed by atoms with van der Waals surface area (Å²) in [6.07, 6.45) is -1.08. The minimum atomic E-state index is -4.56. The van der Waals surface area contributed by atoms with E-state index in [1.807, 2.05) is 0 Å². The SMILES string of the molecule is OCc1ccc(-c2ccc3c(nnn3CC3CC3)c2C(F)(F)F)cn1. The number of rotatable bonds is 4. The highest BCUT2D eigenvalue weighted by Crippen LogP contribution is 2.41. The Balaban J connectivity index is 1.88. The van der Waals surface area contributed by atoms with Crippen LogP contribution in [0.5, 0.6) is 0 Å². The number of aliphatic hydroxyl groups is 1. The smallest absolute Gasteiger partial charge is 0.390 e. The van der Waals surface area contributed by atoms with Gasteiger partial charge < -0.3 is 5.11 Å². The highest BCUT2D eigenvalue weighted by atomic mass is 19.4. The summed E-state index contributed by atoms with van der Waals surface area (Å²) in [5.74, 6) is 0.481. The number of alkyl halides is 3. The number of benzene rings is 1. The highest BCUT2D eigenvalue weighted by Gasteiger charge is 2.38. The van der Waals surface area contributed by atoms with Crippen molar-refractivity contribution in [2.45, 2.75) is 32.2 Å². The molecule has 130 valence electrons. The lowest BCUT2D eigenvalue weighted by atomic mass is 9.99. The number of pyridine rings is 1. The average molecular weight is 348 g/mol. The Morgan fingerprint density at radius 1 is 1.16 bits per heavy atom. The summed E-state index contributed by atoms with van der Waals surface area (Å²) >= 11 is 0. The number of nitrogens with zero attached hydrogens (tertiary/aromatic N) is 4. The van der Waals surface area contributed by atoms with Crippen LogP contribution in [0.3, 0.4) is 0 Å². The summed E-state index contributed by atoms with van der Waals surface area (Å²) in [6, 6.07) is 6.09. The number of fused-ring (bicyclic) bond motifs is 1. The van der Waals surface area contributed by atoms with E-state index in [4.69, 9.17) is 5.11 Å². The number of aliphatic hydroxyl groups excluding tert-OH is 1. The maximum atomic E-state index is 13.8. The molecule has 1 N–H and O–H groups in total. The lowest BCUT2D eigenvalue weighted by Gasteiger charge is -2.14. The third-order valence-electron chi connectivity index (χ3n) is 4.40. The molecule has 1 fully saturated rings. The fourth-order valence-corrected chi connectivity index (χ4v) is 2.92. The summed E-state index contributed by atoms with van der Waals surface area (Å²) in [6.45, 7) is 0.334. The summed E-state index contributed by atoms with van der Waals surface area (Å²) < 4.78 is 42.8. The first kappa shape index (κ1) is 16.0. The second kappa shape index (κ2) is 5.80. The van der Waals surface area contributed by atoms with Gasteiger partial charge in [-0.05, 0) is 36.5 Å². The Hall–Kier alpha value is -2.48. The highest BCUT2D eigenvalue weighted by molar-refractivity contribution is 5.87. The van der Waals surface area contributed by atoms with Crippen molar-refractivity contribution in [2.24, 2.45) is 5.92 Å². The fourth-order valence-electron chi connectivity index (χ4n) is 2.92. The van der Waals surface area contributed by atoms with E-state index in [1.54, 1.807) is 10.7 Å². The van der Waals surface area contributed by atoms with Gasteiger partial charge in [0.2, 0.25) is 0 Å². The lowest BCUT2D eigenvalue weighted by molar-refractivity contribution is -0.135. The monoisotopic (exact) mass is 348 g/mol. The first-order valence-electron chi connectivity index (χ1n) is 7.97. The molecule has 8 heteroatoms. The minimum Gasteiger partial charge on any atom is -0.390 e. The van der Waals surface area contributed by atoms with Gasteiger partial charge in [-0.1, -0.05) is 17.3 Å². The van der Waals surface area contributed by atoms with E-state index in [0.29, 0.717) is 29.2 Å². The summed E-state index contributed by atoms with van der Waals surface area (Å²) in [5, 5.41) is 16.8. The largest absolute Gasteiger partial charge is 0.419 e. The molecule has 1 saturated carbocycles. The van der Waals surface area contributed by atoms with Gasteiger partial charge in [0.05, 0.1) is 23.4 Å². The second-order valence-corrected chi connectivity index (χ2v) is 6.26. The molecule has 2 aromatic heterocycles. The van der Waals surface area contributed by atoms with E-state index in [-0.39, 0.29) is 17.7 Å². The molecule has 0 aliphatic heterocycles. The van der Waals surface area contributed by atoms with Gasteiger partial charge in [-0.25, -0.2) is 4.68 Å². The quantitative estimate of drug-likeness (QED) is 0.785. The maximum Gasteiger partial charge on any atom is 0.419 e. The van der Waals surface area contributed by atoms with Gasteiger partial charge in [0.25, 0.3) is 0 Å². The maximum absolute atomic E-state index is 13.8. The van der Waals surface area contributed by atoms with Gasteiger partial charge in [-0.2, -0.15) is 13.2 Å². The van der Waals surface area contributed by atoms with Crippen LogP contribution in [0, 0.1) is 5.92 Å². The molecule has 0 unspecified atom stereocenters. The summed E-state index contributed by atoms with van der Waals surface area (Å²) in [7, 11) is 0. The molecule has 5 nitrogen and oxygen atoms in total. The van der Waals surface area contributed by atoms with Crippen molar-refractivity contribution in [3.8, 4) is 11.1 Å². The molecular weight excluding hydrogens is 333 g/mol. The van der Waals surface area contributed by atoms with Crippen LogP contribution in [0.15, 0.2) is 30.5 Å². The molecule has 0 saturated heterocycles. The molecule has 1 aliphatic rings. The van der Waals surface area contributed by atoms with Crippen molar-refractivity contribution in [2.75, 3.05) is 0 Å². The first-order valence-corrected chi connectivity index (χ1v) is 7.97. The molecular formula is C17H15F3N4O. The number of aromatic nitrogens is 4. The van der Waals surface area contributed by atoms with Crippen LogP contribution in [0.25, 0.3) is 22.2 Å². The van der Waals surface area contributed by atoms with E-state index >= 15 is 0 Å². The average Bonchev–Trinajstić information content (AvgIpc) is 3.32. The molecule has 25 heavy (non-hydrogen) atoms. The molecule has 0 bridgehead atoms. The Labute approximate surface area is 141 Å². The number of hydrogen-bond acceptors (Lipinski definition) is 4. The topological polar surface area (TPSA) is 63.8 Å². The Morgan fingerprint density at radius 3 is 2.56 bits per heavy atom. The van der Waals surface area contributed by atoms with Gasteiger partial charge in [0, 0.05) is 18.3 Å². The number of hydrogen-bond donors (Lipinski definition) is 1. The van der Waals surface area contributed by atoms with E-state index in [0.717, 1.165) is 12.8 Å². The third kappa shape index (κ3) is 2.97. The van der Waals surface area contributed by atoms with Crippen molar-refractivity contribution in [1.29, 1.82) is 0 Å². The van der Waals surface area contributed by atoms with Crippen molar-refractivity contribution in [3.05, 3.63) is 41.7 Å². The molecule has 0 amide bonds. The van der Waals surface area contributed by atoms with Crippen LogP contribution < -0.4 is 0 Å². The van der Waals surface area contributed by atoms with E-state index < -0.39 is 11.7 Å². The molecule has 2 heterocycles. The van der Waals surface area contributed by atoms with Crippen LogP contribution in [-0.4, -0.2) is 25.1 Å². The molecule has 0 atom stereocenters. The van der Waals surface area contributed by atoms with Crippen LogP contribution >= 0.6 is 0 Å².